The molecule has 1 saturated heterocycles. The number of imidazole rings is 1. The Hall–Kier alpha value is -2.67. The van der Waals surface area contributed by atoms with Crippen molar-refractivity contribution in [2.45, 2.75) is 33.4 Å². The lowest BCUT2D eigenvalue weighted by Crippen LogP contribution is -2.46. The number of rotatable bonds is 5. The third-order valence-corrected chi connectivity index (χ3v) is 5.49. The molecular formula is C21H29N7. The van der Waals surface area contributed by atoms with E-state index in [9.17, 15) is 0 Å². The van der Waals surface area contributed by atoms with Crippen molar-refractivity contribution in [3.63, 3.8) is 0 Å². The average Bonchev–Trinajstić information content (AvgIpc) is 3.11. The van der Waals surface area contributed by atoms with Crippen LogP contribution in [0.1, 0.15) is 32.2 Å². The normalized spacial score (nSPS) is 19.9. The summed E-state index contributed by atoms with van der Waals surface area (Å²) in [5, 5.41) is 3.32. The molecule has 2 aliphatic heterocycles. The molecule has 0 spiro atoms. The van der Waals surface area contributed by atoms with Gasteiger partial charge in [0.1, 0.15) is 11.6 Å². The summed E-state index contributed by atoms with van der Waals surface area (Å²) in [5.41, 5.74) is 2.75. The maximum Gasteiger partial charge on any atom is 0.156 e. The van der Waals surface area contributed by atoms with Crippen molar-refractivity contribution in [2.24, 2.45) is 4.99 Å². The Morgan fingerprint density at radius 1 is 1.25 bits per heavy atom. The second-order valence-corrected chi connectivity index (χ2v) is 7.60. The van der Waals surface area contributed by atoms with E-state index >= 15 is 0 Å². The number of fused-ring (bicyclic) bond motifs is 1. The van der Waals surface area contributed by atoms with E-state index in [2.05, 4.69) is 67.2 Å². The average molecular weight is 380 g/mol. The van der Waals surface area contributed by atoms with Crippen molar-refractivity contribution in [3.8, 4) is 0 Å². The molecule has 0 bridgehead atoms. The fourth-order valence-corrected chi connectivity index (χ4v) is 3.89. The summed E-state index contributed by atoms with van der Waals surface area (Å²) in [5.74, 6) is 2.75. The van der Waals surface area contributed by atoms with Crippen LogP contribution in [0.25, 0.3) is 5.70 Å². The molecular weight excluding hydrogens is 350 g/mol. The quantitative estimate of drug-likeness (QED) is 0.866. The molecule has 7 nitrogen and oxygen atoms in total. The molecule has 2 aromatic rings. The van der Waals surface area contributed by atoms with Crippen LogP contribution in [0.3, 0.4) is 0 Å². The van der Waals surface area contributed by atoms with Gasteiger partial charge < -0.3 is 19.7 Å². The molecule has 0 aliphatic carbocycles. The van der Waals surface area contributed by atoms with Crippen LogP contribution in [0.4, 0.5) is 11.6 Å². The van der Waals surface area contributed by atoms with E-state index in [0.717, 1.165) is 73.7 Å². The first kappa shape index (κ1) is 18.7. The monoisotopic (exact) mass is 379 g/mol. The van der Waals surface area contributed by atoms with Gasteiger partial charge in [-0.3, -0.25) is 4.99 Å². The van der Waals surface area contributed by atoms with Crippen molar-refractivity contribution >= 4 is 23.0 Å². The molecule has 4 heterocycles. The predicted octanol–water partition coefficient (Wildman–Crippen LogP) is 2.71. The molecule has 2 aromatic heterocycles. The van der Waals surface area contributed by atoms with Crippen LogP contribution in [0.5, 0.6) is 0 Å². The van der Waals surface area contributed by atoms with Crippen molar-refractivity contribution in [1.29, 1.82) is 0 Å². The molecule has 2 aliphatic rings. The molecule has 0 radical (unpaired) electrons. The second-order valence-electron chi connectivity index (χ2n) is 7.60. The summed E-state index contributed by atoms with van der Waals surface area (Å²) in [7, 11) is 0. The molecule has 0 saturated carbocycles. The first-order chi connectivity index (χ1) is 13.5. The van der Waals surface area contributed by atoms with E-state index < -0.39 is 0 Å². The molecule has 1 N–H and O–H groups in total. The lowest BCUT2D eigenvalue weighted by Gasteiger charge is -2.34. The summed E-state index contributed by atoms with van der Waals surface area (Å²) in [6.45, 7) is 16.7. The number of aliphatic imine (C=N–C) groups is 1. The van der Waals surface area contributed by atoms with Crippen molar-refractivity contribution in [2.75, 3.05) is 42.9 Å². The molecule has 1 unspecified atom stereocenters. The van der Waals surface area contributed by atoms with Gasteiger partial charge in [-0.1, -0.05) is 13.5 Å². The van der Waals surface area contributed by atoms with E-state index in [1.807, 2.05) is 19.3 Å². The highest BCUT2D eigenvalue weighted by Crippen LogP contribution is 2.21. The number of piperazine rings is 1. The number of pyridine rings is 1. The van der Waals surface area contributed by atoms with Crippen molar-refractivity contribution in [3.05, 3.63) is 42.5 Å². The van der Waals surface area contributed by atoms with Crippen LogP contribution in [0.2, 0.25) is 0 Å². The maximum absolute atomic E-state index is 4.66. The Labute approximate surface area is 166 Å². The molecule has 148 valence electrons. The largest absolute Gasteiger partial charge is 0.354 e. The van der Waals surface area contributed by atoms with Gasteiger partial charge in [-0.25, -0.2) is 9.97 Å². The zero-order chi connectivity index (χ0) is 19.7. The molecule has 4 rings (SSSR count). The number of nitrogens with one attached hydrogen (secondary N) is 1. The van der Waals surface area contributed by atoms with Crippen LogP contribution in [-0.2, 0) is 6.54 Å². The highest BCUT2D eigenvalue weighted by atomic mass is 15.3. The third-order valence-electron chi connectivity index (χ3n) is 5.49. The zero-order valence-corrected chi connectivity index (χ0v) is 17.0. The minimum atomic E-state index is 0.286. The van der Waals surface area contributed by atoms with Crippen molar-refractivity contribution < 1.29 is 0 Å². The van der Waals surface area contributed by atoms with Gasteiger partial charge in [0, 0.05) is 56.4 Å². The lowest BCUT2D eigenvalue weighted by atomic mass is 10.2. The van der Waals surface area contributed by atoms with Crippen LogP contribution in [-0.4, -0.2) is 63.9 Å². The van der Waals surface area contributed by atoms with Crippen molar-refractivity contribution in [1.82, 2.24) is 19.4 Å². The minimum Gasteiger partial charge on any atom is -0.354 e. The molecule has 28 heavy (non-hydrogen) atoms. The number of hydrogen-bond donors (Lipinski definition) is 1. The van der Waals surface area contributed by atoms with Gasteiger partial charge in [-0.15, -0.1) is 0 Å². The summed E-state index contributed by atoms with van der Waals surface area (Å²) in [6, 6.07) is 4.45. The molecule has 0 aromatic carbocycles. The van der Waals surface area contributed by atoms with Gasteiger partial charge in [-0.05, 0) is 32.5 Å². The Balaban J connectivity index is 1.41. The number of aromatic nitrogens is 3. The van der Waals surface area contributed by atoms with E-state index in [1.165, 1.54) is 0 Å². The first-order valence-corrected chi connectivity index (χ1v) is 10.0. The lowest BCUT2D eigenvalue weighted by molar-refractivity contribution is 0.270. The number of anilines is 2. The van der Waals surface area contributed by atoms with Gasteiger partial charge in [0.2, 0.25) is 0 Å². The Bertz CT molecular complexity index is 873. The van der Waals surface area contributed by atoms with E-state index in [-0.39, 0.29) is 6.04 Å². The molecule has 7 heteroatoms. The van der Waals surface area contributed by atoms with Crippen LogP contribution < -0.4 is 10.2 Å². The van der Waals surface area contributed by atoms with Gasteiger partial charge >= 0.3 is 0 Å². The number of nitrogens with zero attached hydrogens (tertiary/aromatic N) is 6. The van der Waals surface area contributed by atoms with Gasteiger partial charge in [0.15, 0.2) is 5.82 Å². The maximum atomic E-state index is 4.66. The van der Waals surface area contributed by atoms with E-state index in [1.54, 1.807) is 0 Å². The van der Waals surface area contributed by atoms with Gasteiger partial charge in [-0.2, -0.15) is 0 Å². The van der Waals surface area contributed by atoms with Gasteiger partial charge in [0.25, 0.3) is 0 Å². The molecule has 0 amide bonds. The number of hydrogen-bond acceptors (Lipinski definition) is 6. The van der Waals surface area contributed by atoms with Crippen LogP contribution in [0.15, 0.2) is 36.1 Å². The predicted molar refractivity (Wildman–Crippen MR) is 115 cm³/mol. The Morgan fingerprint density at radius 2 is 2.04 bits per heavy atom. The Morgan fingerprint density at radius 3 is 2.71 bits per heavy atom. The smallest absolute Gasteiger partial charge is 0.156 e. The van der Waals surface area contributed by atoms with Crippen LogP contribution >= 0.6 is 0 Å². The summed E-state index contributed by atoms with van der Waals surface area (Å²) in [6.07, 6.45) is 3.92. The second kappa shape index (κ2) is 7.75. The molecule has 1 fully saturated rings. The highest BCUT2D eigenvalue weighted by Gasteiger charge is 2.19. The zero-order valence-electron chi connectivity index (χ0n) is 17.0. The molecule has 1 atom stereocenters. The van der Waals surface area contributed by atoms with Gasteiger partial charge in [0.05, 0.1) is 11.8 Å². The fraction of sp³-hybridized carbons (Fsp3) is 0.476. The first-order valence-electron chi connectivity index (χ1n) is 10.0. The third kappa shape index (κ3) is 3.80. The minimum absolute atomic E-state index is 0.286. The summed E-state index contributed by atoms with van der Waals surface area (Å²) in [4.78, 5) is 18.7. The highest BCUT2D eigenvalue weighted by molar-refractivity contribution is 5.97. The standard InChI is InChI=1S/C21H29N7/c1-5-26-8-10-27(11-9-26)20-7-6-18(12-22-20)16(3)24-19-14-28-13-15(2)23-17(4)21(28)25-19/h6-7,12,14-15,24H,3,5,8-11,13H2,1-2,4H3. The van der Waals surface area contributed by atoms with E-state index in [4.69, 9.17) is 0 Å². The number of likely N-dealkylation sites (N-methyl/N-ethyl adjacent to an activating group) is 1. The van der Waals surface area contributed by atoms with Crippen LogP contribution in [0, 0.1) is 0 Å². The Kier molecular flexibility index (Phi) is 5.17. The fourth-order valence-electron chi connectivity index (χ4n) is 3.89. The topological polar surface area (TPSA) is 61.6 Å². The van der Waals surface area contributed by atoms with E-state index in [0.29, 0.717) is 0 Å². The summed E-state index contributed by atoms with van der Waals surface area (Å²) < 4.78 is 2.15. The summed E-state index contributed by atoms with van der Waals surface area (Å²) >= 11 is 0. The SMILES string of the molecule is C=C(Nc1cn2c(n1)C(C)=NC(C)C2)c1ccc(N2CCN(CC)CC2)nc1.